The third-order valence-corrected chi connectivity index (χ3v) is 4.23. The van der Waals surface area contributed by atoms with Gasteiger partial charge in [-0.1, -0.05) is 35.9 Å². The predicted molar refractivity (Wildman–Crippen MR) is 104 cm³/mol. The van der Waals surface area contributed by atoms with Crippen LogP contribution in [0.15, 0.2) is 47.5 Å². The predicted octanol–water partition coefficient (Wildman–Crippen LogP) is 3.15. The molecule has 0 amide bonds. The van der Waals surface area contributed by atoms with E-state index in [9.17, 15) is 0 Å². The van der Waals surface area contributed by atoms with E-state index in [2.05, 4.69) is 10.3 Å². The van der Waals surface area contributed by atoms with Gasteiger partial charge in [-0.2, -0.15) is 0 Å². The number of nitrogens with two attached hydrogens (primary N) is 1. The van der Waals surface area contributed by atoms with Crippen LogP contribution >= 0.6 is 11.6 Å². The molecule has 0 spiro atoms. The molecule has 0 radical (unpaired) electrons. The fraction of sp³-hybridized carbons (Fsp3) is 0.316. The third kappa shape index (κ3) is 5.28. The Labute approximate surface area is 158 Å². The van der Waals surface area contributed by atoms with E-state index >= 15 is 0 Å². The standard InChI is InChI=1S/C19H24ClN3O3/c1-24-16-9-8-13(10-17(16)25-2)11-22-19(21)23-12-18(26-3)14-6-4-5-7-15(14)20/h4-10,18H,11-12H2,1-3H3,(H3,21,22,23). The number of ether oxygens (including phenoxy) is 3. The lowest BCUT2D eigenvalue weighted by molar-refractivity contribution is 0.106. The van der Waals surface area contributed by atoms with E-state index in [1.54, 1.807) is 21.3 Å². The van der Waals surface area contributed by atoms with Crippen molar-refractivity contribution in [2.24, 2.45) is 10.7 Å². The number of nitrogens with zero attached hydrogens (tertiary/aromatic N) is 1. The number of rotatable bonds is 8. The Bertz CT molecular complexity index is 753. The first-order valence-corrected chi connectivity index (χ1v) is 8.48. The van der Waals surface area contributed by atoms with Crippen LogP contribution in [0.4, 0.5) is 0 Å². The molecule has 0 fully saturated rings. The second-order valence-corrected chi connectivity index (χ2v) is 5.92. The Morgan fingerprint density at radius 1 is 1.12 bits per heavy atom. The maximum atomic E-state index is 6.22. The number of benzene rings is 2. The zero-order chi connectivity index (χ0) is 18.9. The molecular weight excluding hydrogens is 354 g/mol. The quantitative estimate of drug-likeness (QED) is 0.545. The van der Waals surface area contributed by atoms with Crippen LogP contribution in [0.25, 0.3) is 0 Å². The van der Waals surface area contributed by atoms with Crippen molar-refractivity contribution >= 4 is 17.6 Å². The molecule has 0 aromatic heterocycles. The van der Waals surface area contributed by atoms with Crippen molar-refractivity contribution in [2.45, 2.75) is 12.6 Å². The van der Waals surface area contributed by atoms with Crippen molar-refractivity contribution in [1.82, 2.24) is 5.32 Å². The van der Waals surface area contributed by atoms with Gasteiger partial charge < -0.3 is 25.3 Å². The number of methoxy groups -OCH3 is 3. The minimum Gasteiger partial charge on any atom is -0.493 e. The third-order valence-electron chi connectivity index (χ3n) is 3.89. The molecule has 0 bridgehead atoms. The molecule has 1 unspecified atom stereocenters. The van der Waals surface area contributed by atoms with Gasteiger partial charge in [-0.05, 0) is 23.8 Å². The molecule has 0 saturated heterocycles. The van der Waals surface area contributed by atoms with E-state index in [1.807, 2.05) is 42.5 Å². The lowest BCUT2D eigenvalue weighted by Gasteiger charge is -2.18. The van der Waals surface area contributed by atoms with E-state index in [0.29, 0.717) is 35.6 Å². The molecule has 3 N–H and O–H groups in total. The fourth-order valence-corrected chi connectivity index (χ4v) is 2.72. The van der Waals surface area contributed by atoms with E-state index < -0.39 is 0 Å². The van der Waals surface area contributed by atoms with Gasteiger partial charge in [-0.3, -0.25) is 0 Å². The Balaban J connectivity index is 1.96. The Kier molecular flexibility index (Phi) is 7.56. The highest BCUT2D eigenvalue weighted by Gasteiger charge is 2.13. The van der Waals surface area contributed by atoms with E-state index in [4.69, 9.17) is 31.5 Å². The van der Waals surface area contributed by atoms with Crippen molar-refractivity contribution in [1.29, 1.82) is 0 Å². The minimum atomic E-state index is -0.224. The van der Waals surface area contributed by atoms with Gasteiger partial charge in [0.2, 0.25) is 0 Å². The number of guanidine groups is 1. The van der Waals surface area contributed by atoms with Gasteiger partial charge in [-0.25, -0.2) is 4.99 Å². The van der Waals surface area contributed by atoms with Crippen LogP contribution in [-0.2, 0) is 11.3 Å². The first-order valence-electron chi connectivity index (χ1n) is 8.11. The SMILES string of the molecule is COc1ccc(CN=C(N)NCC(OC)c2ccccc2Cl)cc1OC. The van der Waals surface area contributed by atoms with Gasteiger partial charge in [0, 0.05) is 24.2 Å². The van der Waals surface area contributed by atoms with E-state index in [1.165, 1.54) is 0 Å². The highest BCUT2D eigenvalue weighted by molar-refractivity contribution is 6.31. The lowest BCUT2D eigenvalue weighted by atomic mass is 10.1. The summed E-state index contributed by atoms with van der Waals surface area (Å²) in [5.74, 6) is 1.66. The average Bonchev–Trinajstić information content (AvgIpc) is 2.67. The van der Waals surface area contributed by atoms with Gasteiger partial charge in [0.15, 0.2) is 17.5 Å². The summed E-state index contributed by atoms with van der Waals surface area (Å²) in [6.07, 6.45) is -0.224. The molecule has 2 rings (SSSR count). The summed E-state index contributed by atoms with van der Waals surface area (Å²) in [5, 5.41) is 3.72. The molecule has 140 valence electrons. The summed E-state index contributed by atoms with van der Waals surface area (Å²) in [7, 11) is 4.83. The van der Waals surface area contributed by atoms with Crippen LogP contribution < -0.4 is 20.5 Å². The highest BCUT2D eigenvalue weighted by Crippen LogP contribution is 2.28. The Morgan fingerprint density at radius 3 is 2.50 bits per heavy atom. The van der Waals surface area contributed by atoms with Crippen LogP contribution in [0, 0.1) is 0 Å². The minimum absolute atomic E-state index is 0.224. The molecule has 0 aliphatic rings. The summed E-state index contributed by atoms with van der Waals surface area (Å²) in [6.45, 7) is 0.879. The van der Waals surface area contributed by atoms with Crippen LogP contribution in [0.2, 0.25) is 5.02 Å². The Hall–Kier alpha value is -2.44. The second kappa shape index (κ2) is 9.89. The number of aliphatic imine (C=N–C) groups is 1. The van der Waals surface area contributed by atoms with Crippen molar-refractivity contribution in [3.63, 3.8) is 0 Å². The smallest absolute Gasteiger partial charge is 0.189 e. The summed E-state index contributed by atoms with van der Waals surface area (Å²) in [6, 6.07) is 13.2. The first kappa shape index (κ1) is 19.9. The fourth-order valence-electron chi connectivity index (χ4n) is 2.47. The molecule has 1 atom stereocenters. The van der Waals surface area contributed by atoms with Crippen molar-refractivity contribution in [3.8, 4) is 11.5 Å². The normalized spacial score (nSPS) is 12.5. The Morgan fingerprint density at radius 2 is 1.85 bits per heavy atom. The highest BCUT2D eigenvalue weighted by atomic mass is 35.5. The molecule has 0 saturated carbocycles. The molecule has 2 aromatic carbocycles. The zero-order valence-corrected chi connectivity index (χ0v) is 15.9. The topological polar surface area (TPSA) is 78.1 Å². The lowest BCUT2D eigenvalue weighted by Crippen LogP contribution is -2.35. The average molecular weight is 378 g/mol. The van der Waals surface area contributed by atoms with Crippen LogP contribution in [-0.4, -0.2) is 33.8 Å². The summed E-state index contributed by atoms with van der Waals surface area (Å²) < 4.78 is 16.0. The number of hydrogen-bond donors (Lipinski definition) is 2. The summed E-state index contributed by atoms with van der Waals surface area (Å²) in [4.78, 5) is 4.35. The van der Waals surface area contributed by atoms with Crippen molar-refractivity contribution < 1.29 is 14.2 Å². The van der Waals surface area contributed by atoms with Gasteiger partial charge in [-0.15, -0.1) is 0 Å². The molecule has 7 heteroatoms. The van der Waals surface area contributed by atoms with Crippen molar-refractivity contribution in [2.75, 3.05) is 27.9 Å². The molecule has 6 nitrogen and oxygen atoms in total. The molecule has 0 aliphatic heterocycles. The zero-order valence-electron chi connectivity index (χ0n) is 15.2. The summed E-state index contributed by atoms with van der Waals surface area (Å²) >= 11 is 6.22. The first-order chi connectivity index (χ1) is 12.6. The molecule has 0 heterocycles. The summed E-state index contributed by atoms with van der Waals surface area (Å²) in [5.41, 5.74) is 7.82. The molecule has 0 aliphatic carbocycles. The van der Waals surface area contributed by atoms with Gasteiger partial charge >= 0.3 is 0 Å². The molecule has 2 aromatic rings. The van der Waals surface area contributed by atoms with Crippen LogP contribution in [0.1, 0.15) is 17.2 Å². The van der Waals surface area contributed by atoms with E-state index in [0.717, 1.165) is 11.1 Å². The number of halogens is 1. The number of nitrogens with one attached hydrogen (secondary N) is 1. The van der Waals surface area contributed by atoms with Gasteiger partial charge in [0.25, 0.3) is 0 Å². The second-order valence-electron chi connectivity index (χ2n) is 5.52. The van der Waals surface area contributed by atoms with Gasteiger partial charge in [0.1, 0.15) is 6.10 Å². The van der Waals surface area contributed by atoms with Crippen LogP contribution in [0.5, 0.6) is 11.5 Å². The van der Waals surface area contributed by atoms with Crippen molar-refractivity contribution in [3.05, 3.63) is 58.6 Å². The monoisotopic (exact) mass is 377 g/mol. The maximum Gasteiger partial charge on any atom is 0.189 e. The molecular formula is C19H24ClN3O3. The largest absolute Gasteiger partial charge is 0.493 e. The molecule has 26 heavy (non-hydrogen) atoms. The number of hydrogen-bond acceptors (Lipinski definition) is 4. The van der Waals surface area contributed by atoms with E-state index in [-0.39, 0.29) is 6.10 Å². The maximum absolute atomic E-state index is 6.22. The van der Waals surface area contributed by atoms with Gasteiger partial charge in [0.05, 0.1) is 20.8 Å². The van der Waals surface area contributed by atoms with Crippen LogP contribution in [0.3, 0.4) is 0 Å².